The van der Waals surface area contributed by atoms with Crippen molar-refractivity contribution in [2.24, 2.45) is 0 Å². The van der Waals surface area contributed by atoms with Crippen LogP contribution in [0.4, 0.5) is 5.69 Å². The molecule has 0 aliphatic carbocycles. The molecular weight excluding hydrogens is 184 g/mol. The van der Waals surface area contributed by atoms with Gasteiger partial charge in [-0.3, -0.25) is 0 Å². The smallest absolute Gasteiger partial charge is 0.0364 e. The van der Waals surface area contributed by atoms with Gasteiger partial charge in [-0.05, 0) is 32.0 Å². The molecule has 0 bridgehead atoms. The number of nitrogens with zero attached hydrogens (tertiary/aromatic N) is 1. The van der Waals surface area contributed by atoms with Crippen molar-refractivity contribution in [1.29, 1.82) is 0 Å². The standard InChI is InChI=1S/C13H22N2/c1-4-10-14-12(2)11-15(3)13-8-6-5-7-9-13/h5-9,12,14H,4,10-11H2,1-3H3. The monoisotopic (exact) mass is 206 g/mol. The molecule has 1 N–H and O–H groups in total. The molecule has 2 heteroatoms. The highest BCUT2D eigenvalue weighted by Crippen LogP contribution is 2.10. The summed E-state index contributed by atoms with van der Waals surface area (Å²) in [6.07, 6.45) is 1.19. The lowest BCUT2D eigenvalue weighted by Gasteiger charge is -2.24. The number of anilines is 1. The molecule has 0 amide bonds. The maximum atomic E-state index is 3.49. The fraction of sp³-hybridized carbons (Fsp3) is 0.538. The summed E-state index contributed by atoms with van der Waals surface area (Å²) in [6.45, 7) is 6.57. The molecule has 1 rings (SSSR count). The Morgan fingerprint density at radius 2 is 1.93 bits per heavy atom. The van der Waals surface area contributed by atoms with E-state index in [0.29, 0.717) is 6.04 Å². The van der Waals surface area contributed by atoms with Crippen LogP contribution in [0.1, 0.15) is 20.3 Å². The molecule has 0 fully saturated rings. The van der Waals surface area contributed by atoms with Gasteiger partial charge >= 0.3 is 0 Å². The average Bonchev–Trinajstić information content (AvgIpc) is 2.27. The zero-order valence-corrected chi connectivity index (χ0v) is 10.0. The van der Waals surface area contributed by atoms with Gasteiger partial charge in [-0.25, -0.2) is 0 Å². The summed E-state index contributed by atoms with van der Waals surface area (Å²) in [5.41, 5.74) is 1.28. The van der Waals surface area contributed by atoms with Crippen LogP contribution in [0.2, 0.25) is 0 Å². The van der Waals surface area contributed by atoms with Gasteiger partial charge in [-0.1, -0.05) is 25.1 Å². The van der Waals surface area contributed by atoms with Crippen LogP contribution < -0.4 is 10.2 Å². The third kappa shape index (κ3) is 4.34. The van der Waals surface area contributed by atoms with E-state index in [1.165, 1.54) is 12.1 Å². The summed E-state index contributed by atoms with van der Waals surface area (Å²) < 4.78 is 0. The summed E-state index contributed by atoms with van der Waals surface area (Å²) in [5.74, 6) is 0. The van der Waals surface area contributed by atoms with E-state index in [9.17, 15) is 0 Å². The van der Waals surface area contributed by atoms with Crippen LogP contribution in [-0.4, -0.2) is 26.2 Å². The first kappa shape index (κ1) is 12.1. The van der Waals surface area contributed by atoms with E-state index in [-0.39, 0.29) is 0 Å². The largest absolute Gasteiger partial charge is 0.373 e. The van der Waals surface area contributed by atoms with Crippen molar-refractivity contribution in [3.8, 4) is 0 Å². The Kier molecular flexibility index (Phi) is 5.19. The van der Waals surface area contributed by atoms with Crippen molar-refractivity contribution in [3.63, 3.8) is 0 Å². The average molecular weight is 206 g/mol. The number of hydrogen-bond donors (Lipinski definition) is 1. The molecule has 0 aliphatic rings. The molecular formula is C13H22N2. The lowest BCUT2D eigenvalue weighted by molar-refractivity contribution is 0.544. The topological polar surface area (TPSA) is 15.3 Å². The Labute approximate surface area is 93.3 Å². The van der Waals surface area contributed by atoms with Gasteiger partial charge in [0.1, 0.15) is 0 Å². The molecule has 0 aromatic heterocycles. The number of likely N-dealkylation sites (N-methyl/N-ethyl adjacent to an activating group) is 1. The number of nitrogens with one attached hydrogen (secondary N) is 1. The molecule has 0 saturated heterocycles. The molecule has 0 saturated carbocycles. The molecule has 1 unspecified atom stereocenters. The first-order valence-electron chi connectivity index (χ1n) is 5.73. The highest BCUT2D eigenvalue weighted by molar-refractivity contribution is 5.45. The zero-order chi connectivity index (χ0) is 11.1. The summed E-state index contributed by atoms with van der Waals surface area (Å²) in [5, 5.41) is 3.49. The fourth-order valence-corrected chi connectivity index (χ4v) is 1.65. The van der Waals surface area contributed by atoms with Crippen molar-refractivity contribution in [1.82, 2.24) is 5.32 Å². The van der Waals surface area contributed by atoms with Crippen molar-refractivity contribution in [3.05, 3.63) is 30.3 Å². The molecule has 1 aromatic carbocycles. The number of benzene rings is 1. The Bertz CT molecular complexity index is 258. The van der Waals surface area contributed by atoms with Gasteiger partial charge in [-0.15, -0.1) is 0 Å². The first-order valence-corrected chi connectivity index (χ1v) is 5.73. The molecule has 1 atom stereocenters. The van der Waals surface area contributed by atoms with Gasteiger partial charge in [0.2, 0.25) is 0 Å². The van der Waals surface area contributed by atoms with E-state index >= 15 is 0 Å². The Balaban J connectivity index is 2.38. The summed E-state index contributed by atoms with van der Waals surface area (Å²) in [4.78, 5) is 2.29. The maximum absolute atomic E-state index is 3.49. The van der Waals surface area contributed by atoms with E-state index in [2.05, 4.69) is 61.4 Å². The number of para-hydroxylation sites is 1. The molecule has 1 aromatic rings. The summed E-state index contributed by atoms with van der Waals surface area (Å²) in [6, 6.07) is 11.0. The second-order valence-electron chi connectivity index (χ2n) is 4.07. The van der Waals surface area contributed by atoms with Gasteiger partial charge in [0.25, 0.3) is 0 Å². The van der Waals surface area contributed by atoms with Crippen LogP contribution in [0, 0.1) is 0 Å². The number of rotatable bonds is 6. The fourth-order valence-electron chi connectivity index (χ4n) is 1.65. The van der Waals surface area contributed by atoms with E-state index < -0.39 is 0 Å². The minimum Gasteiger partial charge on any atom is -0.373 e. The second kappa shape index (κ2) is 6.46. The van der Waals surface area contributed by atoms with Crippen molar-refractivity contribution < 1.29 is 0 Å². The Morgan fingerprint density at radius 3 is 2.53 bits per heavy atom. The van der Waals surface area contributed by atoms with Gasteiger partial charge < -0.3 is 10.2 Å². The van der Waals surface area contributed by atoms with Crippen LogP contribution >= 0.6 is 0 Å². The minimum absolute atomic E-state index is 0.537. The van der Waals surface area contributed by atoms with Crippen LogP contribution in [0.3, 0.4) is 0 Å². The van der Waals surface area contributed by atoms with Crippen LogP contribution in [0.5, 0.6) is 0 Å². The molecule has 84 valence electrons. The minimum atomic E-state index is 0.537. The zero-order valence-electron chi connectivity index (χ0n) is 10.0. The third-order valence-electron chi connectivity index (χ3n) is 2.49. The molecule has 15 heavy (non-hydrogen) atoms. The Hall–Kier alpha value is -1.02. The Morgan fingerprint density at radius 1 is 1.27 bits per heavy atom. The lowest BCUT2D eigenvalue weighted by Crippen LogP contribution is -2.37. The lowest BCUT2D eigenvalue weighted by atomic mass is 10.2. The van der Waals surface area contributed by atoms with E-state index in [1.54, 1.807) is 0 Å². The van der Waals surface area contributed by atoms with E-state index in [0.717, 1.165) is 13.1 Å². The summed E-state index contributed by atoms with van der Waals surface area (Å²) >= 11 is 0. The van der Waals surface area contributed by atoms with Crippen LogP contribution in [-0.2, 0) is 0 Å². The first-order chi connectivity index (χ1) is 7.24. The molecule has 0 aliphatic heterocycles. The molecule has 0 spiro atoms. The third-order valence-corrected chi connectivity index (χ3v) is 2.49. The molecule has 0 heterocycles. The van der Waals surface area contributed by atoms with Crippen LogP contribution in [0.25, 0.3) is 0 Å². The van der Waals surface area contributed by atoms with Gasteiger partial charge in [0.05, 0.1) is 0 Å². The van der Waals surface area contributed by atoms with E-state index in [1.807, 2.05) is 0 Å². The normalized spacial score (nSPS) is 12.5. The van der Waals surface area contributed by atoms with E-state index in [4.69, 9.17) is 0 Å². The SMILES string of the molecule is CCCNC(C)CN(C)c1ccccc1. The van der Waals surface area contributed by atoms with Crippen LogP contribution in [0.15, 0.2) is 30.3 Å². The van der Waals surface area contributed by atoms with Crippen molar-refractivity contribution >= 4 is 5.69 Å². The summed E-state index contributed by atoms with van der Waals surface area (Å²) in [7, 11) is 2.14. The van der Waals surface area contributed by atoms with Gasteiger partial charge in [-0.2, -0.15) is 0 Å². The van der Waals surface area contributed by atoms with Gasteiger partial charge in [0.15, 0.2) is 0 Å². The number of hydrogen-bond acceptors (Lipinski definition) is 2. The highest BCUT2D eigenvalue weighted by atomic mass is 15.1. The van der Waals surface area contributed by atoms with Gasteiger partial charge in [0, 0.05) is 25.3 Å². The molecule has 2 nitrogen and oxygen atoms in total. The predicted molar refractivity (Wildman–Crippen MR) is 67.5 cm³/mol. The molecule has 0 radical (unpaired) electrons. The highest BCUT2D eigenvalue weighted by Gasteiger charge is 2.05. The van der Waals surface area contributed by atoms with Crippen molar-refractivity contribution in [2.45, 2.75) is 26.3 Å². The van der Waals surface area contributed by atoms with Crippen molar-refractivity contribution in [2.75, 3.05) is 25.0 Å². The second-order valence-corrected chi connectivity index (χ2v) is 4.07. The quantitative estimate of drug-likeness (QED) is 0.769. The predicted octanol–water partition coefficient (Wildman–Crippen LogP) is 2.51. The maximum Gasteiger partial charge on any atom is 0.0364 e.